The number of sulfone groups is 3. The largest absolute Gasteiger partial charge is 0.506 e. The van der Waals surface area contributed by atoms with Gasteiger partial charge in [0.1, 0.15) is 65.7 Å². The molecule has 2 saturated heterocycles. The third-order valence-electron chi connectivity index (χ3n) is 17.2. The molecule has 3 atom stereocenters. The van der Waals surface area contributed by atoms with E-state index in [1.165, 1.54) is 0 Å². The van der Waals surface area contributed by atoms with Gasteiger partial charge >= 0.3 is 0 Å². The number of aliphatic hydroxyl groups is 3. The number of ether oxygens (including phenoxy) is 6. The van der Waals surface area contributed by atoms with Crippen LogP contribution in [-0.4, -0.2) is 162 Å². The lowest BCUT2D eigenvalue weighted by atomic mass is 9.99. The van der Waals surface area contributed by atoms with Gasteiger partial charge in [-0.2, -0.15) is 0 Å². The summed E-state index contributed by atoms with van der Waals surface area (Å²) in [7, 11) is -9.96. The Morgan fingerprint density at radius 2 is 0.880 bits per heavy atom. The van der Waals surface area contributed by atoms with Crippen LogP contribution in [0.5, 0.6) is 17.2 Å². The van der Waals surface area contributed by atoms with Gasteiger partial charge < -0.3 is 63.8 Å². The lowest BCUT2D eigenvalue weighted by molar-refractivity contribution is -0.142. The molecule has 25 heteroatoms. The molecule has 8 heterocycles. The standard InChI is InChI=1S/C26H28N2O5S.C23H24N2O5S.C20H18N2O3S.C6H12O3/c1-5-34(29,30)19-8-6-7-17(12-19)20-9-10-22(31-14-18-15-32-26(3,4)33-18)24-23(20)21-11-16(2)13-27-25(21)28-24;1-3-31(28,29)17-6-4-5-15(10-17)18-7-8-20(30-13-16(27)12-26)22-21(18)19-9-14(2)11-24-23(19)25-22;1-3-26(24,25)14-6-4-5-13(10-14)15-7-8-17(23)19-18(15)16-9-12(2)11-21-20(16)22-19;1-6(2)8-4-5(3-7)9-6/h6-13,18H,5,14-15H2,1-4H3,(H,27,28);4-11,16,26-27H,3,12-13H2,1-2H3,(H,24,25);4-11,23H,3H2,1-2H3,(H,21,22);5,7H,3-4H2,1-2H3/t18-;16-;;5-/m10.1/s1. The number of rotatable bonds is 17. The van der Waals surface area contributed by atoms with Gasteiger partial charge in [-0.15, -0.1) is 0 Å². The van der Waals surface area contributed by atoms with E-state index in [4.69, 9.17) is 38.6 Å². The first-order valence-corrected chi connectivity index (χ1v) is 37.7. The van der Waals surface area contributed by atoms with Crippen LogP contribution in [0.15, 0.2) is 161 Å². The number of hydrogen-bond acceptors (Lipinski definition) is 19. The van der Waals surface area contributed by atoms with E-state index in [2.05, 4.69) is 36.0 Å². The van der Waals surface area contributed by atoms with Gasteiger partial charge in [-0.25, -0.2) is 40.2 Å². The summed E-state index contributed by atoms with van der Waals surface area (Å²) in [5.41, 5.74) is 12.2. The van der Waals surface area contributed by atoms with Crippen LogP contribution < -0.4 is 9.47 Å². The molecule has 100 heavy (non-hydrogen) atoms. The first-order chi connectivity index (χ1) is 47.5. The van der Waals surface area contributed by atoms with Crippen molar-refractivity contribution < 1.29 is 74.1 Å². The number of phenolic OH excluding ortho intramolecular Hbond substituents is 1. The van der Waals surface area contributed by atoms with Crippen LogP contribution in [0.1, 0.15) is 65.2 Å². The molecule has 7 N–H and O–H groups in total. The smallest absolute Gasteiger partial charge is 0.178 e. The summed E-state index contributed by atoms with van der Waals surface area (Å²) >= 11 is 0. The van der Waals surface area contributed by atoms with Crippen molar-refractivity contribution in [3.05, 3.63) is 163 Å². The van der Waals surface area contributed by atoms with Gasteiger partial charge in [0.2, 0.25) is 0 Å². The fourth-order valence-corrected chi connectivity index (χ4v) is 14.8. The van der Waals surface area contributed by atoms with Crippen molar-refractivity contribution in [2.75, 3.05) is 56.9 Å². The molecule has 526 valence electrons. The van der Waals surface area contributed by atoms with Crippen molar-refractivity contribution in [2.24, 2.45) is 0 Å². The number of aliphatic hydroxyl groups excluding tert-OH is 3. The normalized spacial score (nSPS) is 16.3. The second-order valence-electron chi connectivity index (χ2n) is 25.5. The highest BCUT2D eigenvalue weighted by atomic mass is 32.2. The van der Waals surface area contributed by atoms with Crippen LogP contribution in [-0.2, 0) is 48.5 Å². The first kappa shape index (κ1) is 72.4. The van der Waals surface area contributed by atoms with E-state index in [0.717, 1.165) is 93.6 Å². The Morgan fingerprint density at radius 3 is 1.24 bits per heavy atom. The number of benzene rings is 6. The van der Waals surface area contributed by atoms with E-state index in [1.807, 2.05) is 109 Å². The highest BCUT2D eigenvalue weighted by Gasteiger charge is 2.34. The molecule has 0 amide bonds. The second-order valence-corrected chi connectivity index (χ2v) is 32.4. The van der Waals surface area contributed by atoms with Crippen molar-refractivity contribution in [3.63, 3.8) is 0 Å². The molecule has 12 aromatic rings. The molecule has 6 aromatic heterocycles. The lowest BCUT2D eigenvalue weighted by Crippen LogP contribution is -2.25. The summed E-state index contributed by atoms with van der Waals surface area (Å²) in [6, 6.07) is 38.0. The number of hydrogen-bond donors (Lipinski definition) is 7. The minimum atomic E-state index is -3.34. The fraction of sp³-hybridized carbons (Fsp3) is 0.320. The molecule has 6 aromatic carbocycles. The minimum absolute atomic E-state index is 0.0298. The van der Waals surface area contributed by atoms with Crippen LogP contribution >= 0.6 is 0 Å². The Hall–Kier alpha value is -8.86. The molecular weight excluding hydrogens is 1340 g/mol. The van der Waals surface area contributed by atoms with Crippen molar-refractivity contribution in [3.8, 4) is 50.6 Å². The van der Waals surface area contributed by atoms with Crippen molar-refractivity contribution in [1.82, 2.24) is 29.9 Å². The highest BCUT2D eigenvalue weighted by molar-refractivity contribution is 7.92. The SMILES string of the molecule is CC1(C)OC[C@@H](CO)O1.CCS(=O)(=O)c1cccc(-c2ccc(O)c3[nH]c4ncc(C)cc4c23)c1.CCS(=O)(=O)c1cccc(-c2ccc(OC[C@@H](O)CO)c3[nH]c4ncc(C)cc4c23)c1.CCS(=O)(=O)c1cccc(-c2ccc(OC[C@@H]3COC(C)(C)O3)c3[nH]c4ncc(C)cc4c23)c1. The Balaban J connectivity index is 0.000000143. The molecule has 22 nitrogen and oxygen atoms in total. The summed E-state index contributed by atoms with van der Waals surface area (Å²) in [5.74, 6) is 0.363. The van der Waals surface area contributed by atoms with E-state index in [0.29, 0.717) is 63.4 Å². The third kappa shape index (κ3) is 15.7. The Labute approximate surface area is 580 Å². The second kappa shape index (κ2) is 29.4. The number of aromatic hydroxyl groups is 1. The molecule has 14 rings (SSSR count). The van der Waals surface area contributed by atoms with Crippen LogP contribution in [0.25, 0.3) is 99.2 Å². The summed E-state index contributed by atoms with van der Waals surface area (Å²) in [6.45, 7) is 19.2. The Morgan fingerprint density at radius 1 is 0.510 bits per heavy atom. The molecular formula is C75H82N6O16S3. The van der Waals surface area contributed by atoms with Crippen molar-refractivity contribution in [2.45, 2.75) is 114 Å². The number of aromatic nitrogens is 6. The number of aryl methyl sites for hydroxylation is 3. The number of pyridine rings is 3. The van der Waals surface area contributed by atoms with Gasteiger partial charge in [0, 0.05) is 50.9 Å². The van der Waals surface area contributed by atoms with E-state index in [-0.39, 0.29) is 53.3 Å². The Kier molecular flexibility index (Phi) is 21.3. The number of aromatic amines is 3. The van der Waals surface area contributed by atoms with Gasteiger partial charge in [-0.05, 0) is 190 Å². The van der Waals surface area contributed by atoms with Gasteiger partial charge in [0.25, 0.3) is 0 Å². The van der Waals surface area contributed by atoms with Crippen LogP contribution in [0.2, 0.25) is 0 Å². The quantitative estimate of drug-likeness (QED) is 0.0445. The predicted molar refractivity (Wildman–Crippen MR) is 387 cm³/mol. The van der Waals surface area contributed by atoms with E-state index in [1.54, 1.807) is 99.9 Å². The summed E-state index contributed by atoms with van der Waals surface area (Å²) in [6.07, 6.45) is 4.07. The fourth-order valence-electron chi connectivity index (χ4n) is 12.1. The van der Waals surface area contributed by atoms with Gasteiger partial charge in [-0.3, -0.25) is 0 Å². The van der Waals surface area contributed by atoms with Crippen LogP contribution in [0.4, 0.5) is 0 Å². The van der Waals surface area contributed by atoms with Crippen molar-refractivity contribution >= 4 is 95.3 Å². The molecule has 2 aliphatic rings. The maximum Gasteiger partial charge on any atom is 0.178 e. The molecule has 0 spiro atoms. The zero-order valence-electron chi connectivity index (χ0n) is 57.2. The molecule has 0 bridgehead atoms. The van der Waals surface area contributed by atoms with Gasteiger partial charge in [0.05, 0.1) is 74.9 Å². The van der Waals surface area contributed by atoms with Crippen LogP contribution in [0.3, 0.4) is 0 Å². The average Bonchev–Trinajstić information content (AvgIpc) is 1.60. The number of nitrogens with one attached hydrogen (secondary N) is 3. The summed E-state index contributed by atoms with van der Waals surface area (Å²) in [4.78, 5) is 24.2. The molecule has 0 saturated carbocycles. The zero-order chi connectivity index (χ0) is 71.6. The van der Waals surface area contributed by atoms with Crippen molar-refractivity contribution in [1.29, 1.82) is 0 Å². The molecule has 2 fully saturated rings. The number of phenols is 1. The third-order valence-corrected chi connectivity index (χ3v) is 22.4. The van der Waals surface area contributed by atoms with Gasteiger partial charge in [-0.1, -0.05) is 57.2 Å². The zero-order valence-corrected chi connectivity index (χ0v) is 59.7. The minimum Gasteiger partial charge on any atom is -0.506 e. The first-order valence-electron chi connectivity index (χ1n) is 32.8. The lowest BCUT2D eigenvalue weighted by Gasteiger charge is -2.17. The van der Waals surface area contributed by atoms with Gasteiger partial charge in [0.15, 0.2) is 41.1 Å². The molecule has 0 unspecified atom stereocenters. The maximum atomic E-state index is 12.5. The summed E-state index contributed by atoms with van der Waals surface area (Å²) in [5, 5.41) is 43.0. The monoisotopic (exact) mass is 1420 g/mol. The maximum absolute atomic E-state index is 12.5. The summed E-state index contributed by atoms with van der Waals surface area (Å²) < 4.78 is 108. The average molecular weight is 1420 g/mol. The van der Waals surface area contributed by atoms with Crippen LogP contribution in [0, 0.1) is 20.8 Å². The number of nitrogens with zero attached hydrogens (tertiary/aromatic N) is 3. The molecule has 0 radical (unpaired) electrons. The molecule has 0 aliphatic carbocycles. The highest BCUT2D eigenvalue weighted by Crippen LogP contribution is 2.43. The number of H-pyrrole nitrogens is 3. The van der Waals surface area contributed by atoms with E-state index < -0.39 is 53.8 Å². The number of fused-ring (bicyclic) bond motifs is 9. The van der Waals surface area contributed by atoms with E-state index >= 15 is 0 Å². The Bertz CT molecular complexity index is 5380. The predicted octanol–water partition coefficient (Wildman–Crippen LogP) is 12.6. The van der Waals surface area contributed by atoms with E-state index in [9.17, 15) is 35.5 Å². The topological polar surface area (TPSA) is 325 Å². The molecule has 2 aliphatic heterocycles.